The molecule has 3 aromatic heterocycles. The van der Waals surface area contributed by atoms with Crippen LogP contribution in [0.25, 0.3) is 76.2 Å². The molecule has 0 aliphatic carbocycles. The summed E-state index contributed by atoms with van der Waals surface area (Å²) >= 11 is 0. The van der Waals surface area contributed by atoms with E-state index in [2.05, 4.69) is 136 Å². The number of fused-ring (bicyclic) bond motifs is 13. The molecule has 3 heterocycles. The SMILES string of the molecule is Cn1cnc2c3ccccc3c3ccccc3c21.[HH].[HH].c1ccc2c(c1)[nH]c1c2ccc2c3ccccc3[nH]c21. The zero-order valence-corrected chi connectivity index (χ0v) is 20.9. The third kappa shape index (κ3) is 2.94. The highest BCUT2D eigenvalue weighted by atomic mass is 15.0. The minimum absolute atomic E-state index is 0. The molecule has 4 heteroatoms. The van der Waals surface area contributed by atoms with Gasteiger partial charge in [-0.2, -0.15) is 0 Å². The first-order valence-electron chi connectivity index (χ1n) is 12.9. The average molecular weight is 493 g/mol. The second-order valence-corrected chi connectivity index (χ2v) is 9.90. The summed E-state index contributed by atoms with van der Waals surface area (Å²) in [7, 11) is 2.05. The maximum atomic E-state index is 4.56. The Kier molecular flexibility index (Phi) is 4.40. The average Bonchev–Trinajstić information content (AvgIpc) is 3.67. The number of aromatic nitrogens is 4. The van der Waals surface area contributed by atoms with Gasteiger partial charge in [0.2, 0.25) is 0 Å². The quantitative estimate of drug-likeness (QED) is 0.204. The van der Waals surface area contributed by atoms with Gasteiger partial charge in [0.1, 0.15) is 0 Å². The minimum Gasteiger partial charge on any atom is -0.353 e. The highest BCUT2D eigenvalue weighted by Gasteiger charge is 2.12. The highest BCUT2D eigenvalue weighted by Crippen LogP contribution is 2.35. The van der Waals surface area contributed by atoms with Crippen LogP contribution in [-0.2, 0) is 7.05 Å². The van der Waals surface area contributed by atoms with Gasteiger partial charge in [-0.05, 0) is 22.9 Å². The van der Waals surface area contributed by atoms with Gasteiger partial charge >= 0.3 is 0 Å². The lowest BCUT2D eigenvalue weighted by atomic mass is 10.00. The van der Waals surface area contributed by atoms with Crippen LogP contribution in [0.15, 0.2) is 116 Å². The van der Waals surface area contributed by atoms with E-state index in [1.165, 1.54) is 70.7 Å². The molecule has 38 heavy (non-hydrogen) atoms. The first-order valence-corrected chi connectivity index (χ1v) is 12.9. The summed E-state index contributed by atoms with van der Waals surface area (Å²) in [6, 6.07) is 38.4. The van der Waals surface area contributed by atoms with E-state index in [9.17, 15) is 0 Å². The maximum Gasteiger partial charge on any atom is 0.0969 e. The number of nitrogens with one attached hydrogen (secondary N) is 2. The van der Waals surface area contributed by atoms with Gasteiger partial charge in [-0.15, -0.1) is 0 Å². The van der Waals surface area contributed by atoms with Crippen LogP contribution < -0.4 is 0 Å². The fraction of sp³-hybridized carbons (Fsp3) is 0.0294. The van der Waals surface area contributed by atoms with Crippen LogP contribution in [0.4, 0.5) is 0 Å². The molecule has 9 aromatic rings. The van der Waals surface area contributed by atoms with Crippen LogP contribution >= 0.6 is 0 Å². The van der Waals surface area contributed by atoms with E-state index < -0.39 is 0 Å². The predicted octanol–water partition coefficient (Wildman–Crippen LogP) is 9.33. The Hall–Kier alpha value is -5.09. The number of hydrogen-bond donors (Lipinski definition) is 2. The zero-order valence-electron chi connectivity index (χ0n) is 20.9. The van der Waals surface area contributed by atoms with E-state index in [-0.39, 0.29) is 2.85 Å². The van der Waals surface area contributed by atoms with E-state index in [1.54, 1.807) is 0 Å². The molecule has 0 bridgehead atoms. The van der Waals surface area contributed by atoms with Gasteiger partial charge in [-0.3, -0.25) is 0 Å². The smallest absolute Gasteiger partial charge is 0.0969 e. The summed E-state index contributed by atoms with van der Waals surface area (Å²) in [4.78, 5) is 11.7. The number of aryl methyl sites for hydroxylation is 1. The fourth-order valence-corrected chi connectivity index (χ4v) is 6.03. The van der Waals surface area contributed by atoms with Crippen molar-refractivity contribution in [2.45, 2.75) is 0 Å². The van der Waals surface area contributed by atoms with Crippen molar-refractivity contribution in [1.82, 2.24) is 19.5 Å². The Morgan fingerprint density at radius 2 is 0.947 bits per heavy atom. The van der Waals surface area contributed by atoms with Crippen molar-refractivity contribution in [3.63, 3.8) is 0 Å². The van der Waals surface area contributed by atoms with Crippen LogP contribution in [0.1, 0.15) is 2.85 Å². The molecule has 6 aromatic carbocycles. The van der Waals surface area contributed by atoms with Gasteiger partial charge in [-0.1, -0.05) is 97.1 Å². The number of para-hydroxylation sites is 2. The monoisotopic (exact) mass is 492 g/mol. The van der Waals surface area contributed by atoms with E-state index in [1.807, 2.05) is 6.33 Å². The zero-order chi connectivity index (χ0) is 25.2. The number of aromatic amines is 2. The first-order chi connectivity index (χ1) is 18.8. The second kappa shape index (κ2) is 7.95. The summed E-state index contributed by atoms with van der Waals surface area (Å²) < 4.78 is 2.10. The molecule has 2 N–H and O–H groups in total. The molecule has 0 amide bonds. The van der Waals surface area contributed by atoms with Gasteiger partial charge in [0, 0.05) is 53.3 Å². The lowest BCUT2D eigenvalue weighted by Crippen LogP contribution is -1.87. The fourth-order valence-electron chi connectivity index (χ4n) is 6.03. The van der Waals surface area contributed by atoms with Crippen LogP contribution in [0, 0.1) is 0 Å². The summed E-state index contributed by atoms with van der Waals surface area (Å²) in [6.07, 6.45) is 1.89. The number of rotatable bonds is 0. The van der Waals surface area contributed by atoms with Crippen LogP contribution in [0.2, 0.25) is 0 Å². The Morgan fingerprint density at radius 3 is 1.53 bits per heavy atom. The summed E-state index contributed by atoms with van der Waals surface area (Å²) in [6.45, 7) is 0. The van der Waals surface area contributed by atoms with Crippen molar-refractivity contribution in [2.24, 2.45) is 7.05 Å². The van der Waals surface area contributed by atoms with Crippen molar-refractivity contribution in [1.29, 1.82) is 0 Å². The molecule has 0 aliphatic heterocycles. The number of benzene rings is 6. The van der Waals surface area contributed by atoms with E-state index >= 15 is 0 Å². The summed E-state index contributed by atoms with van der Waals surface area (Å²) in [5.41, 5.74) is 7.07. The molecule has 0 fully saturated rings. The van der Waals surface area contributed by atoms with Crippen molar-refractivity contribution >= 4 is 76.2 Å². The molecule has 0 radical (unpaired) electrons. The van der Waals surface area contributed by atoms with E-state index in [0.29, 0.717) is 0 Å². The molecular formula is C34H28N4. The molecule has 0 saturated heterocycles. The third-order valence-electron chi connectivity index (χ3n) is 7.75. The second-order valence-electron chi connectivity index (χ2n) is 9.90. The van der Waals surface area contributed by atoms with Gasteiger partial charge in [-0.25, -0.2) is 4.98 Å². The van der Waals surface area contributed by atoms with E-state index in [4.69, 9.17) is 0 Å². The standard InChI is InChI=1S/C18H12N2.C16H12N2.2H2/c1-3-7-15-11(5-1)13-9-10-14-12-6-2-4-8-16(12)20-18(14)17(13)19-15;1-18-10-17-15-13-8-4-2-6-11(13)12-7-3-5-9-14(12)16(15)18;;/h1-10,19-20H;2-10H,1H3;2*1H. The lowest BCUT2D eigenvalue weighted by Gasteiger charge is -2.07. The minimum atomic E-state index is 0. The Labute approximate surface area is 221 Å². The summed E-state index contributed by atoms with van der Waals surface area (Å²) in [5, 5.41) is 10.2. The maximum absolute atomic E-state index is 4.56. The molecular weight excluding hydrogens is 464 g/mol. The van der Waals surface area contributed by atoms with E-state index in [0.717, 1.165) is 5.52 Å². The third-order valence-corrected chi connectivity index (χ3v) is 7.75. The number of nitrogens with zero attached hydrogens (tertiary/aromatic N) is 2. The molecule has 0 atom stereocenters. The highest BCUT2D eigenvalue weighted by molar-refractivity contribution is 6.23. The molecule has 0 aliphatic rings. The van der Waals surface area contributed by atoms with Crippen molar-refractivity contribution < 1.29 is 2.85 Å². The number of imidazole rings is 1. The lowest BCUT2D eigenvalue weighted by molar-refractivity contribution is 0.951. The van der Waals surface area contributed by atoms with Gasteiger partial charge in [0.05, 0.1) is 28.4 Å². The molecule has 184 valence electrons. The van der Waals surface area contributed by atoms with Crippen LogP contribution in [0.5, 0.6) is 0 Å². The number of H-pyrrole nitrogens is 2. The summed E-state index contributed by atoms with van der Waals surface area (Å²) in [5.74, 6) is 0. The first kappa shape index (κ1) is 21.0. The molecule has 0 unspecified atom stereocenters. The Balaban J connectivity index is 0.000000139. The van der Waals surface area contributed by atoms with Crippen molar-refractivity contribution in [3.05, 3.63) is 116 Å². The van der Waals surface area contributed by atoms with Gasteiger partial charge in [0.15, 0.2) is 0 Å². The molecule has 0 spiro atoms. The topological polar surface area (TPSA) is 49.4 Å². The van der Waals surface area contributed by atoms with Crippen LogP contribution in [-0.4, -0.2) is 19.5 Å². The largest absolute Gasteiger partial charge is 0.353 e. The Bertz CT molecular complexity index is 2240. The molecule has 0 saturated carbocycles. The van der Waals surface area contributed by atoms with Gasteiger partial charge < -0.3 is 14.5 Å². The Morgan fingerprint density at radius 1 is 0.500 bits per heavy atom. The molecule has 4 nitrogen and oxygen atoms in total. The predicted molar refractivity (Wildman–Crippen MR) is 165 cm³/mol. The van der Waals surface area contributed by atoms with Crippen molar-refractivity contribution in [3.8, 4) is 0 Å². The van der Waals surface area contributed by atoms with Crippen LogP contribution in [0.3, 0.4) is 0 Å². The molecule has 9 rings (SSSR count). The number of hydrogen-bond acceptors (Lipinski definition) is 1. The van der Waals surface area contributed by atoms with Gasteiger partial charge in [0.25, 0.3) is 0 Å². The normalized spacial score (nSPS) is 11.8. The van der Waals surface area contributed by atoms with Crippen molar-refractivity contribution in [2.75, 3.05) is 0 Å².